The molecule has 0 radical (unpaired) electrons. The number of aromatic nitrogens is 4. The van der Waals surface area contributed by atoms with E-state index in [1.165, 1.54) is 0 Å². The van der Waals surface area contributed by atoms with Crippen molar-refractivity contribution in [2.45, 2.75) is 46.1 Å². The normalized spacial score (nSPS) is 12.2. The van der Waals surface area contributed by atoms with Gasteiger partial charge in [-0.1, -0.05) is 32.4 Å². The van der Waals surface area contributed by atoms with Gasteiger partial charge in [-0.3, -0.25) is 4.68 Å². The molecule has 0 saturated carbocycles. The van der Waals surface area contributed by atoms with Crippen LogP contribution in [0.2, 0.25) is 5.15 Å². The SMILES string of the molecule is CC(C)n1nccc1-c1cc(Cl)nc(C(C)(C)C)n1. The van der Waals surface area contributed by atoms with Crippen molar-refractivity contribution in [3.8, 4) is 11.4 Å². The molecule has 2 heterocycles. The van der Waals surface area contributed by atoms with E-state index in [1.807, 2.05) is 10.7 Å². The van der Waals surface area contributed by atoms with Gasteiger partial charge in [0, 0.05) is 23.7 Å². The molecule has 0 aliphatic rings. The van der Waals surface area contributed by atoms with Gasteiger partial charge in [-0.05, 0) is 19.9 Å². The largest absolute Gasteiger partial charge is 0.261 e. The van der Waals surface area contributed by atoms with Gasteiger partial charge in [0.15, 0.2) is 0 Å². The molecule has 0 fully saturated rings. The molecule has 0 aliphatic carbocycles. The first-order valence-corrected chi connectivity index (χ1v) is 6.76. The van der Waals surface area contributed by atoms with Gasteiger partial charge in [-0.15, -0.1) is 0 Å². The molecule has 0 N–H and O–H groups in total. The predicted octanol–water partition coefficient (Wildman–Crippen LogP) is 3.87. The molecule has 2 aromatic heterocycles. The fraction of sp³-hybridized carbons (Fsp3) is 0.500. The molecule has 0 amide bonds. The molecule has 0 unspecified atom stereocenters. The summed E-state index contributed by atoms with van der Waals surface area (Å²) >= 11 is 6.12. The minimum absolute atomic E-state index is 0.137. The second-order valence-electron chi connectivity index (χ2n) is 5.90. The van der Waals surface area contributed by atoms with E-state index < -0.39 is 0 Å². The Labute approximate surface area is 118 Å². The zero-order chi connectivity index (χ0) is 14.2. The molecule has 2 aromatic rings. The lowest BCUT2D eigenvalue weighted by Crippen LogP contribution is -2.17. The van der Waals surface area contributed by atoms with Crippen molar-refractivity contribution in [2.75, 3.05) is 0 Å². The van der Waals surface area contributed by atoms with Crippen LogP contribution in [-0.2, 0) is 5.41 Å². The summed E-state index contributed by atoms with van der Waals surface area (Å²) in [5.41, 5.74) is 1.64. The lowest BCUT2D eigenvalue weighted by atomic mass is 9.95. The van der Waals surface area contributed by atoms with Crippen LogP contribution in [0.4, 0.5) is 0 Å². The van der Waals surface area contributed by atoms with Gasteiger partial charge in [0.2, 0.25) is 0 Å². The first kappa shape index (κ1) is 14.0. The number of halogens is 1. The summed E-state index contributed by atoms with van der Waals surface area (Å²) < 4.78 is 1.94. The predicted molar refractivity (Wildman–Crippen MR) is 77.3 cm³/mol. The standard InChI is InChI=1S/C14H19ClN4/c1-9(2)19-11(6-7-16-19)10-8-12(15)18-13(17-10)14(3,4)5/h6-9H,1-5H3. The fourth-order valence-electron chi connectivity index (χ4n) is 1.81. The number of hydrogen-bond donors (Lipinski definition) is 0. The van der Waals surface area contributed by atoms with Crippen molar-refractivity contribution in [1.82, 2.24) is 19.7 Å². The fourth-order valence-corrected chi connectivity index (χ4v) is 2.00. The van der Waals surface area contributed by atoms with Crippen molar-refractivity contribution in [2.24, 2.45) is 0 Å². The van der Waals surface area contributed by atoms with E-state index in [-0.39, 0.29) is 11.5 Å². The molecule has 0 aliphatic heterocycles. The van der Waals surface area contributed by atoms with Gasteiger partial charge in [0.05, 0.1) is 11.4 Å². The smallest absolute Gasteiger partial charge is 0.136 e. The lowest BCUT2D eigenvalue weighted by molar-refractivity contribution is 0.532. The summed E-state index contributed by atoms with van der Waals surface area (Å²) in [7, 11) is 0. The molecule has 0 spiro atoms. The molecular formula is C14H19ClN4. The Kier molecular flexibility index (Phi) is 3.63. The topological polar surface area (TPSA) is 43.6 Å². The number of rotatable bonds is 2. The van der Waals surface area contributed by atoms with E-state index in [0.717, 1.165) is 17.2 Å². The molecule has 0 saturated heterocycles. The second kappa shape index (κ2) is 4.93. The summed E-state index contributed by atoms with van der Waals surface area (Å²) in [6.45, 7) is 10.4. The zero-order valence-electron chi connectivity index (χ0n) is 12.0. The molecule has 2 rings (SSSR count). The lowest BCUT2D eigenvalue weighted by Gasteiger charge is -2.18. The summed E-state index contributed by atoms with van der Waals surface area (Å²) in [6.07, 6.45) is 1.78. The van der Waals surface area contributed by atoms with Crippen molar-refractivity contribution < 1.29 is 0 Å². The third kappa shape index (κ3) is 2.95. The average Bonchev–Trinajstić information content (AvgIpc) is 2.75. The van der Waals surface area contributed by atoms with Crippen LogP contribution in [0.5, 0.6) is 0 Å². The van der Waals surface area contributed by atoms with Crippen LogP contribution in [-0.4, -0.2) is 19.7 Å². The minimum atomic E-state index is -0.137. The van der Waals surface area contributed by atoms with E-state index in [9.17, 15) is 0 Å². The maximum absolute atomic E-state index is 6.12. The first-order valence-electron chi connectivity index (χ1n) is 6.38. The maximum atomic E-state index is 6.12. The average molecular weight is 279 g/mol. The van der Waals surface area contributed by atoms with E-state index >= 15 is 0 Å². The van der Waals surface area contributed by atoms with Crippen LogP contribution >= 0.6 is 11.6 Å². The monoisotopic (exact) mass is 278 g/mol. The first-order chi connectivity index (χ1) is 8.79. The zero-order valence-corrected chi connectivity index (χ0v) is 12.7. The Bertz CT molecular complexity index is 581. The minimum Gasteiger partial charge on any atom is -0.261 e. The Morgan fingerprint density at radius 2 is 1.89 bits per heavy atom. The Hall–Kier alpha value is -1.42. The molecule has 5 heteroatoms. The van der Waals surface area contributed by atoms with E-state index in [0.29, 0.717) is 5.15 Å². The van der Waals surface area contributed by atoms with Crippen LogP contribution in [0.15, 0.2) is 18.3 Å². The summed E-state index contributed by atoms with van der Waals surface area (Å²) in [5.74, 6) is 0.742. The summed E-state index contributed by atoms with van der Waals surface area (Å²) in [6, 6.07) is 4.01. The molecule has 4 nitrogen and oxygen atoms in total. The van der Waals surface area contributed by atoms with Crippen LogP contribution < -0.4 is 0 Å². The van der Waals surface area contributed by atoms with Gasteiger partial charge in [-0.25, -0.2) is 9.97 Å². The molecule has 19 heavy (non-hydrogen) atoms. The Balaban J connectivity index is 2.57. The van der Waals surface area contributed by atoms with Gasteiger partial charge in [-0.2, -0.15) is 5.10 Å². The maximum Gasteiger partial charge on any atom is 0.136 e. The van der Waals surface area contributed by atoms with Crippen molar-refractivity contribution in [3.05, 3.63) is 29.3 Å². The third-order valence-electron chi connectivity index (χ3n) is 2.79. The van der Waals surface area contributed by atoms with Gasteiger partial charge in [0.25, 0.3) is 0 Å². The highest BCUT2D eigenvalue weighted by molar-refractivity contribution is 6.29. The number of hydrogen-bond acceptors (Lipinski definition) is 3. The van der Waals surface area contributed by atoms with Crippen molar-refractivity contribution in [3.63, 3.8) is 0 Å². The second-order valence-corrected chi connectivity index (χ2v) is 6.29. The highest BCUT2D eigenvalue weighted by atomic mass is 35.5. The molecule has 0 bridgehead atoms. The van der Waals surface area contributed by atoms with E-state index in [4.69, 9.17) is 11.6 Å². The Morgan fingerprint density at radius 1 is 1.21 bits per heavy atom. The van der Waals surface area contributed by atoms with Crippen molar-refractivity contribution in [1.29, 1.82) is 0 Å². The van der Waals surface area contributed by atoms with Gasteiger partial charge < -0.3 is 0 Å². The van der Waals surface area contributed by atoms with E-state index in [2.05, 4.69) is 49.7 Å². The summed E-state index contributed by atoms with van der Waals surface area (Å²) in [5, 5.41) is 4.79. The van der Waals surface area contributed by atoms with Gasteiger partial charge >= 0.3 is 0 Å². The summed E-state index contributed by atoms with van der Waals surface area (Å²) in [4.78, 5) is 8.95. The van der Waals surface area contributed by atoms with Crippen LogP contribution in [0.25, 0.3) is 11.4 Å². The highest BCUT2D eigenvalue weighted by Gasteiger charge is 2.20. The van der Waals surface area contributed by atoms with Gasteiger partial charge in [0.1, 0.15) is 11.0 Å². The Morgan fingerprint density at radius 3 is 2.47 bits per heavy atom. The van der Waals surface area contributed by atoms with Crippen molar-refractivity contribution >= 4 is 11.6 Å². The van der Waals surface area contributed by atoms with Crippen LogP contribution in [0.3, 0.4) is 0 Å². The molecular weight excluding hydrogens is 260 g/mol. The van der Waals surface area contributed by atoms with Crippen LogP contribution in [0.1, 0.15) is 46.5 Å². The highest BCUT2D eigenvalue weighted by Crippen LogP contribution is 2.26. The molecule has 102 valence electrons. The third-order valence-corrected chi connectivity index (χ3v) is 2.98. The van der Waals surface area contributed by atoms with E-state index in [1.54, 1.807) is 12.3 Å². The number of nitrogens with zero attached hydrogens (tertiary/aromatic N) is 4. The molecule has 0 aromatic carbocycles. The van der Waals surface area contributed by atoms with Crippen LogP contribution in [0, 0.1) is 0 Å². The molecule has 0 atom stereocenters. The quantitative estimate of drug-likeness (QED) is 0.783.